The van der Waals surface area contributed by atoms with E-state index in [-0.39, 0.29) is 47.2 Å². The van der Waals surface area contributed by atoms with E-state index in [0.29, 0.717) is 25.4 Å². The number of hydrogen-bond donors (Lipinski definition) is 0. The van der Waals surface area contributed by atoms with E-state index in [2.05, 4.69) is 12.2 Å². The molecule has 0 bridgehead atoms. The fourth-order valence-electron chi connectivity index (χ4n) is 5.21. The average Bonchev–Trinajstić information content (AvgIpc) is 2.89. The molecule has 3 nitrogen and oxygen atoms in total. The summed E-state index contributed by atoms with van der Waals surface area (Å²) in [4.78, 5) is 0. The summed E-state index contributed by atoms with van der Waals surface area (Å²) in [7, 11) is 0. The smallest absolute Gasteiger partial charge is 0.201 e. The van der Waals surface area contributed by atoms with Gasteiger partial charge in [0, 0.05) is 23.7 Å². The molecule has 2 aliphatic heterocycles. The summed E-state index contributed by atoms with van der Waals surface area (Å²) in [5.41, 5.74) is -0.438. The zero-order valence-corrected chi connectivity index (χ0v) is 20.9. The van der Waals surface area contributed by atoms with Crippen molar-refractivity contribution in [2.24, 2.45) is 11.8 Å². The Balaban J connectivity index is 1.33. The predicted molar refractivity (Wildman–Crippen MR) is 131 cm³/mol. The number of halogens is 4. The second-order valence-corrected chi connectivity index (χ2v) is 9.66. The molecule has 2 aliphatic rings. The predicted octanol–water partition coefficient (Wildman–Crippen LogP) is 7.41. The molecule has 0 radical (unpaired) electrons. The first kappa shape index (κ1) is 26.7. The van der Waals surface area contributed by atoms with Crippen LogP contribution in [0.25, 0.3) is 11.1 Å². The highest BCUT2D eigenvalue weighted by molar-refractivity contribution is 5.66. The van der Waals surface area contributed by atoms with Crippen LogP contribution in [0.3, 0.4) is 0 Å². The molecule has 0 N–H and O–H groups in total. The first-order valence-electron chi connectivity index (χ1n) is 12.9. The number of aryl methyl sites for hydroxylation is 1. The van der Waals surface area contributed by atoms with E-state index < -0.39 is 23.3 Å². The standard InChI is InChI=1S/C29H34F4O3/c1-3-5-18-7-13-23(35-16-18)24-14-8-19(17-36-24)6-9-20-10-11-21(27(31)26(20)30)22-12-15-25(34-4-2)29(33)28(22)32/h3,5,10-12,15,18-19,23-24H,4,6-9,13-14,16-17H2,1-2H3. The van der Waals surface area contributed by atoms with Crippen LogP contribution in [0.15, 0.2) is 36.4 Å². The lowest BCUT2D eigenvalue weighted by Gasteiger charge is -2.37. The number of benzene rings is 2. The SMILES string of the molecule is CC=CC1CCC(C2CCC(CCc3ccc(-c4ccc(OCC)c(F)c4F)c(F)c3F)CO2)OC1. The third kappa shape index (κ3) is 5.94. The van der Waals surface area contributed by atoms with Gasteiger partial charge >= 0.3 is 0 Å². The Hall–Kier alpha value is -2.38. The molecular formula is C29H34F4O3. The molecule has 2 aromatic rings. The van der Waals surface area contributed by atoms with Gasteiger partial charge in [-0.05, 0) is 76.0 Å². The number of hydrogen-bond acceptors (Lipinski definition) is 3. The zero-order valence-electron chi connectivity index (χ0n) is 20.9. The van der Waals surface area contributed by atoms with Crippen LogP contribution in [0.1, 0.15) is 51.5 Å². The Labute approximate surface area is 210 Å². The fraction of sp³-hybridized carbons (Fsp3) is 0.517. The number of ether oxygens (including phenoxy) is 3. The number of rotatable bonds is 8. The lowest BCUT2D eigenvalue weighted by molar-refractivity contribution is -0.127. The zero-order chi connectivity index (χ0) is 25.7. The molecule has 0 spiro atoms. The van der Waals surface area contributed by atoms with Gasteiger partial charge < -0.3 is 14.2 Å². The van der Waals surface area contributed by atoms with Gasteiger partial charge in [0.25, 0.3) is 0 Å². The summed E-state index contributed by atoms with van der Waals surface area (Å²) in [6.07, 6.45) is 9.39. The fourth-order valence-corrected chi connectivity index (χ4v) is 5.21. The van der Waals surface area contributed by atoms with Crippen molar-refractivity contribution in [3.63, 3.8) is 0 Å². The van der Waals surface area contributed by atoms with Crippen LogP contribution in [0.4, 0.5) is 17.6 Å². The maximum atomic E-state index is 14.9. The summed E-state index contributed by atoms with van der Waals surface area (Å²) >= 11 is 0. The van der Waals surface area contributed by atoms with Crippen LogP contribution in [0.5, 0.6) is 5.75 Å². The molecule has 2 saturated heterocycles. The van der Waals surface area contributed by atoms with Crippen LogP contribution >= 0.6 is 0 Å². The van der Waals surface area contributed by atoms with Gasteiger partial charge in [-0.3, -0.25) is 0 Å². The minimum atomic E-state index is -1.26. The molecule has 2 fully saturated rings. The van der Waals surface area contributed by atoms with Gasteiger partial charge in [-0.15, -0.1) is 0 Å². The van der Waals surface area contributed by atoms with Crippen molar-refractivity contribution in [1.29, 1.82) is 0 Å². The van der Waals surface area contributed by atoms with Crippen molar-refractivity contribution < 1.29 is 31.8 Å². The van der Waals surface area contributed by atoms with Gasteiger partial charge in [0.15, 0.2) is 23.2 Å². The van der Waals surface area contributed by atoms with Gasteiger partial charge in [0.1, 0.15) is 0 Å². The van der Waals surface area contributed by atoms with Crippen molar-refractivity contribution >= 4 is 0 Å². The molecule has 7 heteroatoms. The quantitative estimate of drug-likeness (QED) is 0.276. The second-order valence-electron chi connectivity index (χ2n) is 9.66. The minimum Gasteiger partial charge on any atom is -0.491 e. The van der Waals surface area contributed by atoms with Gasteiger partial charge in [-0.1, -0.05) is 24.3 Å². The topological polar surface area (TPSA) is 27.7 Å². The normalized spacial score (nSPS) is 24.8. The lowest BCUT2D eigenvalue weighted by atomic mass is 9.88. The van der Waals surface area contributed by atoms with Gasteiger partial charge in [0.05, 0.1) is 25.4 Å². The molecule has 0 amide bonds. The third-order valence-corrected chi connectivity index (χ3v) is 7.25. The molecule has 2 aromatic carbocycles. The third-order valence-electron chi connectivity index (χ3n) is 7.25. The molecule has 0 aliphatic carbocycles. The van der Waals surface area contributed by atoms with E-state index in [1.54, 1.807) is 6.92 Å². The van der Waals surface area contributed by atoms with E-state index in [1.165, 1.54) is 24.3 Å². The Kier molecular flexibility index (Phi) is 9.07. The Morgan fingerprint density at radius 2 is 1.50 bits per heavy atom. The summed E-state index contributed by atoms with van der Waals surface area (Å²) < 4.78 is 75.6. The van der Waals surface area contributed by atoms with E-state index in [4.69, 9.17) is 14.2 Å². The van der Waals surface area contributed by atoms with Crippen LogP contribution < -0.4 is 4.74 Å². The van der Waals surface area contributed by atoms with Crippen LogP contribution in [0, 0.1) is 35.1 Å². The molecule has 4 unspecified atom stereocenters. The first-order valence-corrected chi connectivity index (χ1v) is 12.9. The Bertz CT molecular complexity index is 1050. The summed E-state index contributed by atoms with van der Waals surface area (Å²) in [6, 6.07) is 5.18. The van der Waals surface area contributed by atoms with Crippen molar-refractivity contribution in [2.75, 3.05) is 19.8 Å². The average molecular weight is 507 g/mol. The van der Waals surface area contributed by atoms with Crippen LogP contribution in [0.2, 0.25) is 0 Å². The maximum absolute atomic E-state index is 14.9. The summed E-state index contributed by atoms with van der Waals surface area (Å²) in [6.45, 7) is 5.12. The van der Waals surface area contributed by atoms with Crippen molar-refractivity contribution in [1.82, 2.24) is 0 Å². The van der Waals surface area contributed by atoms with Crippen LogP contribution in [-0.4, -0.2) is 32.0 Å². The number of allylic oxidation sites excluding steroid dienone is 1. The highest BCUT2D eigenvalue weighted by Gasteiger charge is 2.32. The lowest BCUT2D eigenvalue weighted by Crippen LogP contribution is -2.40. The van der Waals surface area contributed by atoms with Gasteiger partial charge in [-0.2, -0.15) is 4.39 Å². The first-order chi connectivity index (χ1) is 17.4. The Morgan fingerprint density at radius 3 is 2.11 bits per heavy atom. The van der Waals surface area contributed by atoms with Crippen molar-refractivity contribution in [3.8, 4) is 16.9 Å². The molecule has 36 heavy (non-hydrogen) atoms. The molecular weight excluding hydrogens is 472 g/mol. The minimum absolute atomic E-state index is 0.0886. The van der Waals surface area contributed by atoms with E-state index in [0.717, 1.165) is 32.3 Å². The molecule has 0 saturated carbocycles. The molecule has 4 atom stereocenters. The molecule has 2 heterocycles. The summed E-state index contributed by atoms with van der Waals surface area (Å²) in [5.74, 6) is -4.22. The van der Waals surface area contributed by atoms with E-state index in [9.17, 15) is 17.6 Å². The van der Waals surface area contributed by atoms with Crippen molar-refractivity contribution in [3.05, 3.63) is 65.2 Å². The van der Waals surface area contributed by atoms with Gasteiger partial charge in [0.2, 0.25) is 5.82 Å². The molecule has 4 rings (SSSR count). The van der Waals surface area contributed by atoms with Crippen molar-refractivity contribution in [2.45, 2.75) is 64.6 Å². The molecule has 0 aromatic heterocycles. The van der Waals surface area contributed by atoms with E-state index in [1.807, 2.05) is 6.92 Å². The highest BCUT2D eigenvalue weighted by atomic mass is 19.2. The Morgan fingerprint density at radius 1 is 0.833 bits per heavy atom. The maximum Gasteiger partial charge on any atom is 0.201 e. The van der Waals surface area contributed by atoms with Crippen LogP contribution in [-0.2, 0) is 15.9 Å². The largest absolute Gasteiger partial charge is 0.491 e. The summed E-state index contributed by atoms with van der Waals surface area (Å²) in [5, 5.41) is 0. The highest BCUT2D eigenvalue weighted by Crippen LogP contribution is 2.34. The second kappa shape index (κ2) is 12.2. The van der Waals surface area contributed by atoms with E-state index >= 15 is 0 Å². The molecule has 196 valence electrons. The van der Waals surface area contributed by atoms with Gasteiger partial charge in [-0.25, -0.2) is 13.2 Å². The monoisotopic (exact) mass is 506 g/mol.